The summed E-state index contributed by atoms with van der Waals surface area (Å²) < 4.78 is 0. The minimum absolute atomic E-state index is 0.532. The van der Waals surface area contributed by atoms with Crippen LogP contribution in [0.25, 0.3) is 10.8 Å². The van der Waals surface area contributed by atoms with Gasteiger partial charge in [0.15, 0.2) is 0 Å². The van der Waals surface area contributed by atoms with Crippen molar-refractivity contribution in [1.29, 1.82) is 0 Å². The molecule has 0 aliphatic carbocycles. The SMILES string of the molecule is CCNC(C(C)C)C(C)c1ccc2ccccc2c1. The van der Waals surface area contributed by atoms with Crippen LogP contribution in [0.5, 0.6) is 0 Å². The Balaban J connectivity index is 2.31. The lowest BCUT2D eigenvalue weighted by atomic mass is 9.85. The molecule has 0 saturated heterocycles. The number of fused-ring (bicyclic) bond motifs is 1. The number of nitrogens with one attached hydrogen (secondary N) is 1. The zero-order chi connectivity index (χ0) is 13.8. The Morgan fingerprint density at radius 1 is 0.947 bits per heavy atom. The molecule has 0 spiro atoms. The van der Waals surface area contributed by atoms with E-state index in [1.807, 2.05) is 0 Å². The topological polar surface area (TPSA) is 12.0 Å². The maximum absolute atomic E-state index is 3.63. The minimum atomic E-state index is 0.532. The number of hydrogen-bond acceptors (Lipinski definition) is 1. The molecule has 0 aliphatic heterocycles. The van der Waals surface area contributed by atoms with Crippen molar-refractivity contribution in [2.75, 3.05) is 6.54 Å². The monoisotopic (exact) mass is 255 g/mol. The summed E-state index contributed by atoms with van der Waals surface area (Å²) in [5, 5.41) is 6.29. The van der Waals surface area contributed by atoms with Crippen LogP contribution in [0.4, 0.5) is 0 Å². The van der Waals surface area contributed by atoms with E-state index in [9.17, 15) is 0 Å². The van der Waals surface area contributed by atoms with Crippen LogP contribution in [0, 0.1) is 5.92 Å². The van der Waals surface area contributed by atoms with Gasteiger partial charge in [-0.2, -0.15) is 0 Å². The number of benzene rings is 2. The van der Waals surface area contributed by atoms with Crippen molar-refractivity contribution in [3.05, 3.63) is 48.0 Å². The zero-order valence-corrected chi connectivity index (χ0v) is 12.5. The van der Waals surface area contributed by atoms with Gasteiger partial charge in [0, 0.05) is 6.04 Å². The van der Waals surface area contributed by atoms with E-state index in [-0.39, 0.29) is 0 Å². The molecule has 0 aliphatic rings. The largest absolute Gasteiger partial charge is 0.313 e. The fourth-order valence-electron chi connectivity index (χ4n) is 2.92. The molecule has 0 fully saturated rings. The third kappa shape index (κ3) is 3.16. The van der Waals surface area contributed by atoms with Crippen LogP contribution < -0.4 is 5.32 Å². The van der Waals surface area contributed by atoms with Crippen LogP contribution in [-0.2, 0) is 0 Å². The van der Waals surface area contributed by atoms with Crippen molar-refractivity contribution in [3.63, 3.8) is 0 Å². The van der Waals surface area contributed by atoms with Gasteiger partial charge in [-0.1, -0.05) is 70.2 Å². The first kappa shape index (κ1) is 14.1. The molecule has 0 saturated carbocycles. The summed E-state index contributed by atoms with van der Waals surface area (Å²) in [5.74, 6) is 1.17. The quantitative estimate of drug-likeness (QED) is 0.824. The average molecular weight is 255 g/mol. The van der Waals surface area contributed by atoms with E-state index < -0.39 is 0 Å². The summed E-state index contributed by atoms with van der Waals surface area (Å²) >= 11 is 0. The van der Waals surface area contributed by atoms with Gasteiger partial charge < -0.3 is 5.32 Å². The third-order valence-electron chi connectivity index (χ3n) is 4.00. The number of hydrogen-bond donors (Lipinski definition) is 1. The molecule has 19 heavy (non-hydrogen) atoms. The highest BCUT2D eigenvalue weighted by atomic mass is 14.9. The molecule has 1 heteroatoms. The Kier molecular flexibility index (Phi) is 4.60. The molecule has 0 bridgehead atoms. The van der Waals surface area contributed by atoms with E-state index in [0.717, 1.165) is 6.54 Å². The van der Waals surface area contributed by atoms with Crippen molar-refractivity contribution in [2.45, 2.75) is 39.7 Å². The van der Waals surface area contributed by atoms with Crippen molar-refractivity contribution < 1.29 is 0 Å². The lowest BCUT2D eigenvalue weighted by Gasteiger charge is -2.29. The van der Waals surface area contributed by atoms with Gasteiger partial charge >= 0.3 is 0 Å². The molecule has 2 atom stereocenters. The first-order valence-electron chi connectivity index (χ1n) is 7.35. The van der Waals surface area contributed by atoms with Gasteiger partial charge in [0.05, 0.1) is 0 Å². The zero-order valence-electron chi connectivity index (χ0n) is 12.5. The van der Waals surface area contributed by atoms with Gasteiger partial charge in [-0.05, 0) is 34.7 Å². The molecular formula is C18H25N. The highest BCUT2D eigenvalue weighted by molar-refractivity contribution is 5.83. The molecule has 0 amide bonds. The second kappa shape index (κ2) is 6.21. The predicted molar refractivity (Wildman–Crippen MR) is 84.7 cm³/mol. The van der Waals surface area contributed by atoms with Crippen LogP contribution >= 0.6 is 0 Å². The smallest absolute Gasteiger partial charge is 0.0156 e. The lowest BCUT2D eigenvalue weighted by molar-refractivity contribution is 0.360. The van der Waals surface area contributed by atoms with Gasteiger partial charge in [0.1, 0.15) is 0 Å². The summed E-state index contributed by atoms with van der Waals surface area (Å²) in [6, 6.07) is 16.0. The molecule has 2 rings (SSSR count). The second-order valence-electron chi connectivity index (χ2n) is 5.72. The van der Waals surface area contributed by atoms with Crippen LogP contribution in [0.15, 0.2) is 42.5 Å². The van der Waals surface area contributed by atoms with E-state index in [4.69, 9.17) is 0 Å². The van der Waals surface area contributed by atoms with Gasteiger partial charge in [0.25, 0.3) is 0 Å². The summed E-state index contributed by atoms with van der Waals surface area (Å²) in [5.41, 5.74) is 1.43. The molecule has 1 N–H and O–H groups in total. The van der Waals surface area contributed by atoms with Crippen LogP contribution in [-0.4, -0.2) is 12.6 Å². The molecular weight excluding hydrogens is 230 g/mol. The van der Waals surface area contributed by atoms with E-state index in [1.165, 1.54) is 16.3 Å². The van der Waals surface area contributed by atoms with Crippen molar-refractivity contribution in [3.8, 4) is 0 Å². The fourth-order valence-corrected chi connectivity index (χ4v) is 2.92. The predicted octanol–water partition coefficient (Wildman–Crippen LogP) is 4.58. The molecule has 2 aromatic rings. The number of rotatable bonds is 5. The Morgan fingerprint density at radius 3 is 2.26 bits per heavy atom. The molecule has 0 radical (unpaired) electrons. The van der Waals surface area contributed by atoms with Gasteiger partial charge in [0.2, 0.25) is 0 Å². The van der Waals surface area contributed by atoms with E-state index in [2.05, 4.69) is 75.5 Å². The second-order valence-corrected chi connectivity index (χ2v) is 5.72. The van der Waals surface area contributed by atoms with Crippen molar-refractivity contribution in [2.24, 2.45) is 5.92 Å². The van der Waals surface area contributed by atoms with Gasteiger partial charge in [-0.15, -0.1) is 0 Å². The molecule has 0 aromatic heterocycles. The van der Waals surface area contributed by atoms with Crippen molar-refractivity contribution in [1.82, 2.24) is 5.32 Å². The highest BCUT2D eigenvalue weighted by Crippen LogP contribution is 2.27. The van der Waals surface area contributed by atoms with Crippen molar-refractivity contribution >= 4 is 10.8 Å². The Labute approximate surface area is 117 Å². The highest BCUT2D eigenvalue weighted by Gasteiger charge is 2.21. The Bertz CT molecular complexity index is 530. The molecule has 2 unspecified atom stereocenters. The van der Waals surface area contributed by atoms with Gasteiger partial charge in [-0.25, -0.2) is 0 Å². The molecule has 102 valence electrons. The average Bonchev–Trinajstić information content (AvgIpc) is 2.43. The van der Waals surface area contributed by atoms with E-state index in [0.29, 0.717) is 17.9 Å². The molecule has 2 aromatic carbocycles. The standard InChI is InChI=1S/C18H25N/c1-5-19-18(13(2)3)14(4)16-11-10-15-8-6-7-9-17(15)12-16/h6-14,18-19H,5H2,1-4H3. The number of likely N-dealkylation sites (N-methyl/N-ethyl adjacent to an activating group) is 1. The summed E-state index contributed by atoms with van der Waals surface area (Å²) in [6.07, 6.45) is 0. The third-order valence-corrected chi connectivity index (χ3v) is 4.00. The minimum Gasteiger partial charge on any atom is -0.313 e. The first-order valence-corrected chi connectivity index (χ1v) is 7.35. The normalized spacial score (nSPS) is 14.8. The summed E-state index contributed by atoms with van der Waals surface area (Å²) in [4.78, 5) is 0. The maximum Gasteiger partial charge on any atom is 0.0156 e. The lowest BCUT2D eigenvalue weighted by Crippen LogP contribution is -2.38. The fraction of sp³-hybridized carbons (Fsp3) is 0.444. The summed E-state index contributed by atoms with van der Waals surface area (Å²) in [6.45, 7) is 10.1. The maximum atomic E-state index is 3.63. The van der Waals surface area contributed by atoms with E-state index >= 15 is 0 Å². The first-order chi connectivity index (χ1) is 9.13. The molecule has 0 heterocycles. The van der Waals surface area contributed by atoms with E-state index in [1.54, 1.807) is 0 Å². The Hall–Kier alpha value is -1.34. The summed E-state index contributed by atoms with van der Waals surface area (Å²) in [7, 11) is 0. The van der Waals surface area contributed by atoms with Crippen LogP contribution in [0.2, 0.25) is 0 Å². The van der Waals surface area contributed by atoms with Crippen LogP contribution in [0.3, 0.4) is 0 Å². The molecule has 1 nitrogen and oxygen atoms in total. The van der Waals surface area contributed by atoms with Gasteiger partial charge in [-0.3, -0.25) is 0 Å². The Morgan fingerprint density at radius 2 is 1.63 bits per heavy atom. The van der Waals surface area contributed by atoms with Crippen LogP contribution in [0.1, 0.15) is 39.2 Å².